The van der Waals surface area contributed by atoms with Crippen molar-refractivity contribution in [3.63, 3.8) is 0 Å². The van der Waals surface area contributed by atoms with Crippen LogP contribution in [-0.2, 0) is 0 Å². The van der Waals surface area contributed by atoms with E-state index in [4.69, 9.17) is 5.73 Å². The molecular weight excluding hydrogens is 172 g/mol. The van der Waals surface area contributed by atoms with Gasteiger partial charge in [-0.05, 0) is 51.7 Å². The Kier molecular flexibility index (Phi) is 9.42. The topological polar surface area (TPSA) is 29.3 Å². The third-order valence-electron chi connectivity index (χ3n) is 2.65. The summed E-state index contributed by atoms with van der Waals surface area (Å²) >= 11 is 0. The smallest absolute Gasteiger partial charge is 0.00366 e. The molecule has 2 nitrogen and oxygen atoms in total. The molecule has 2 N–H and O–H groups in total. The molecule has 1 atom stereocenters. The number of nitrogens with two attached hydrogens (primary N) is 1. The van der Waals surface area contributed by atoms with Crippen LogP contribution in [0.5, 0.6) is 0 Å². The third kappa shape index (κ3) is 7.34. The normalized spacial score (nSPS) is 13.5. The zero-order chi connectivity index (χ0) is 10.8. The molecule has 0 bridgehead atoms. The summed E-state index contributed by atoms with van der Waals surface area (Å²) in [4.78, 5) is 2.56. The molecule has 0 aliphatic rings. The van der Waals surface area contributed by atoms with E-state index in [-0.39, 0.29) is 0 Å². The Morgan fingerprint density at radius 3 is 2.00 bits per heavy atom. The lowest BCUT2D eigenvalue weighted by Crippen LogP contribution is -2.28. The van der Waals surface area contributed by atoms with E-state index in [1.54, 1.807) is 0 Å². The maximum atomic E-state index is 5.89. The van der Waals surface area contributed by atoms with Gasteiger partial charge in [-0.25, -0.2) is 0 Å². The minimum absolute atomic E-state index is 0.417. The lowest BCUT2D eigenvalue weighted by atomic mass is 10.1. The first-order valence-corrected chi connectivity index (χ1v) is 6.22. The van der Waals surface area contributed by atoms with Gasteiger partial charge in [0.1, 0.15) is 0 Å². The molecule has 0 aromatic rings. The highest BCUT2D eigenvalue weighted by Crippen LogP contribution is 2.02. The van der Waals surface area contributed by atoms with Crippen molar-refractivity contribution >= 4 is 0 Å². The Morgan fingerprint density at radius 1 is 1.00 bits per heavy atom. The molecule has 0 saturated heterocycles. The van der Waals surface area contributed by atoms with Crippen LogP contribution in [-0.4, -0.2) is 30.6 Å². The molecule has 0 heterocycles. The fourth-order valence-corrected chi connectivity index (χ4v) is 1.75. The summed E-state index contributed by atoms with van der Waals surface area (Å²) in [6.07, 6.45) is 6.08. The van der Waals surface area contributed by atoms with Crippen molar-refractivity contribution in [3.8, 4) is 0 Å². The van der Waals surface area contributed by atoms with Crippen molar-refractivity contribution in [1.82, 2.24) is 4.90 Å². The van der Waals surface area contributed by atoms with Crippen LogP contribution < -0.4 is 5.73 Å². The van der Waals surface area contributed by atoms with E-state index in [9.17, 15) is 0 Å². The van der Waals surface area contributed by atoms with E-state index in [0.717, 1.165) is 6.42 Å². The zero-order valence-electron chi connectivity index (χ0n) is 10.3. The van der Waals surface area contributed by atoms with Crippen molar-refractivity contribution < 1.29 is 0 Å². The molecule has 1 unspecified atom stereocenters. The summed E-state index contributed by atoms with van der Waals surface area (Å²) in [7, 11) is 0. The first-order chi connectivity index (χ1) is 6.74. The zero-order valence-corrected chi connectivity index (χ0v) is 10.3. The highest BCUT2D eigenvalue weighted by Gasteiger charge is 2.03. The molecule has 86 valence electrons. The number of rotatable bonds is 9. The Labute approximate surface area is 89.9 Å². The Balaban J connectivity index is 3.49. The second kappa shape index (κ2) is 9.47. The van der Waals surface area contributed by atoms with Gasteiger partial charge in [-0.1, -0.05) is 20.8 Å². The fraction of sp³-hybridized carbons (Fsp3) is 1.00. The summed E-state index contributed by atoms with van der Waals surface area (Å²) < 4.78 is 0. The molecule has 0 fully saturated rings. The number of hydrogen-bond donors (Lipinski definition) is 1. The average Bonchev–Trinajstić information content (AvgIpc) is 2.18. The van der Waals surface area contributed by atoms with E-state index < -0.39 is 0 Å². The molecule has 0 aromatic carbocycles. The minimum Gasteiger partial charge on any atom is -0.328 e. The number of hydrogen-bond acceptors (Lipinski definition) is 2. The quantitative estimate of drug-likeness (QED) is 0.620. The first-order valence-electron chi connectivity index (χ1n) is 6.22. The summed E-state index contributed by atoms with van der Waals surface area (Å²) in [5, 5.41) is 0. The summed E-state index contributed by atoms with van der Waals surface area (Å²) in [6.45, 7) is 10.4. The van der Waals surface area contributed by atoms with Crippen LogP contribution in [0.25, 0.3) is 0 Å². The van der Waals surface area contributed by atoms with Gasteiger partial charge in [0.25, 0.3) is 0 Å². The van der Waals surface area contributed by atoms with Crippen LogP contribution in [0.15, 0.2) is 0 Å². The highest BCUT2D eigenvalue weighted by molar-refractivity contribution is 4.62. The van der Waals surface area contributed by atoms with Crippen molar-refractivity contribution in [1.29, 1.82) is 0 Å². The molecule has 0 aliphatic heterocycles. The molecule has 0 rings (SSSR count). The van der Waals surface area contributed by atoms with E-state index in [2.05, 4.69) is 25.7 Å². The first kappa shape index (κ1) is 13.9. The summed E-state index contributed by atoms with van der Waals surface area (Å²) in [5.74, 6) is 0. The lowest BCUT2D eigenvalue weighted by molar-refractivity contribution is 0.266. The van der Waals surface area contributed by atoms with Gasteiger partial charge in [-0.2, -0.15) is 0 Å². The maximum Gasteiger partial charge on any atom is 0.00366 e. The molecular formula is C12H28N2. The standard InChI is InChI=1S/C12H28N2/c1-4-9-14(10-5-2)11-7-8-12(13)6-3/h12H,4-11,13H2,1-3H3. The van der Waals surface area contributed by atoms with Crippen LogP contribution in [0.2, 0.25) is 0 Å². The molecule has 2 heteroatoms. The molecule has 0 radical (unpaired) electrons. The third-order valence-corrected chi connectivity index (χ3v) is 2.65. The largest absolute Gasteiger partial charge is 0.328 e. The monoisotopic (exact) mass is 200 g/mol. The predicted octanol–water partition coefficient (Wildman–Crippen LogP) is 2.63. The van der Waals surface area contributed by atoms with Gasteiger partial charge in [0, 0.05) is 6.04 Å². The van der Waals surface area contributed by atoms with Crippen LogP contribution in [0.1, 0.15) is 52.9 Å². The van der Waals surface area contributed by atoms with Gasteiger partial charge in [0.05, 0.1) is 0 Å². The molecule has 0 spiro atoms. The van der Waals surface area contributed by atoms with Gasteiger partial charge in [-0.3, -0.25) is 0 Å². The van der Waals surface area contributed by atoms with E-state index in [1.807, 2.05) is 0 Å². The number of nitrogens with zero attached hydrogens (tertiary/aromatic N) is 1. The lowest BCUT2D eigenvalue weighted by Gasteiger charge is -2.21. The Hall–Kier alpha value is -0.0800. The molecule has 0 amide bonds. The van der Waals surface area contributed by atoms with Crippen LogP contribution in [0.4, 0.5) is 0 Å². The maximum absolute atomic E-state index is 5.89. The second-order valence-corrected chi connectivity index (χ2v) is 4.15. The highest BCUT2D eigenvalue weighted by atomic mass is 15.1. The van der Waals surface area contributed by atoms with E-state index in [0.29, 0.717) is 6.04 Å². The van der Waals surface area contributed by atoms with Gasteiger partial charge >= 0.3 is 0 Å². The fourth-order valence-electron chi connectivity index (χ4n) is 1.75. The minimum atomic E-state index is 0.417. The Bertz CT molecular complexity index is 109. The van der Waals surface area contributed by atoms with Gasteiger partial charge in [0.15, 0.2) is 0 Å². The van der Waals surface area contributed by atoms with Crippen LogP contribution in [0.3, 0.4) is 0 Å². The SMILES string of the molecule is CCCN(CCC)CCCC(N)CC. The summed E-state index contributed by atoms with van der Waals surface area (Å²) in [5.41, 5.74) is 5.89. The molecule has 0 aromatic heterocycles. The van der Waals surface area contributed by atoms with Crippen molar-refractivity contribution in [2.24, 2.45) is 5.73 Å². The van der Waals surface area contributed by atoms with Crippen LogP contribution >= 0.6 is 0 Å². The van der Waals surface area contributed by atoms with Crippen LogP contribution in [0, 0.1) is 0 Å². The van der Waals surface area contributed by atoms with Gasteiger partial charge < -0.3 is 10.6 Å². The molecule has 0 aliphatic carbocycles. The van der Waals surface area contributed by atoms with Crippen molar-refractivity contribution in [2.45, 2.75) is 58.9 Å². The second-order valence-electron chi connectivity index (χ2n) is 4.15. The summed E-state index contributed by atoms with van der Waals surface area (Å²) in [6, 6.07) is 0.417. The Morgan fingerprint density at radius 2 is 1.57 bits per heavy atom. The van der Waals surface area contributed by atoms with Crippen molar-refractivity contribution in [3.05, 3.63) is 0 Å². The van der Waals surface area contributed by atoms with Crippen molar-refractivity contribution in [2.75, 3.05) is 19.6 Å². The van der Waals surface area contributed by atoms with Gasteiger partial charge in [0.2, 0.25) is 0 Å². The van der Waals surface area contributed by atoms with Gasteiger partial charge in [-0.15, -0.1) is 0 Å². The van der Waals surface area contributed by atoms with E-state index >= 15 is 0 Å². The molecule has 14 heavy (non-hydrogen) atoms. The predicted molar refractivity (Wildman–Crippen MR) is 64.5 cm³/mol. The molecule has 0 saturated carbocycles. The average molecular weight is 200 g/mol. The van der Waals surface area contributed by atoms with E-state index in [1.165, 1.54) is 45.3 Å².